The minimum atomic E-state index is -0.903. The molecule has 0 unspecified atom stereocenters. The van der Waals surface area contributed by atoms with Gasteiger partial charge in [-0.1, -0.05) is 24.3 Å². The van der Waals surface area contributed by atoms with E-state index in [1.54, 1.807) is 0 Å². The van der Waals surface area contributed by atoms with Gasteiger partial charge >= 0.3 is 0 Å². The maximum absolute atomic E-state index is 12.7. The molecule has 2 aliphatic rings. The summed E-state index contributed by atoms with van der Waals surface area (Å²) in [5.41, 5.74) is 1.14. The number of β-amino-alcohol motifs (C(OH)–C–C–N with tert-alkyl or cyclic N) is 1. The third kappa shape index (κ3) is 3.79. The van der Waals surface area contributed by atoms with Crippen LogP contribution < -0.4 is 0 Å². The smallest absolute Gasteiger partial charge is 0.236 e. The van der Waals surface area contributed by atoms with E-state index >= 15 is 0 Å². The van der Waals surface area contributed by atoms with Crippen LogP contribution in [0.2, 0.25) is 0 Å². The summed E-state index contributed by atoms with van der Waals surface area (Å²) < 4.78 is 0. The first-order valence-electron chi connectivity index (χ1n) is 8.95. The summed E-state index contributed by atoms with van der Waals surface area (Å²) >= 11 is 0. The summed E-state index contributed by atoms with van der Waals surface area (Å²) in [6.07, 6.45) is 1.73. The van der Waals surface area contributed by atoms with Gasteiger partial charge in [0.25, 0.3) is 0 Å². The first-order valence-corrected chi connectivity index (χ1v) is 8.95. The monoisotopic (exact) mass is 331 g/mol. The standard InChI is InChI=1S/C19H29N3O2/c1-16-6-3-4-7-17(16)19(24)8-11-22(15-19)18(23)14-21-10-5-9-20(2)12-13-21/h3-4,6-7,24H,5,8-15H2,1-2H3/t19-/m1/s1. The van der Waals surface area contributed by atoms with E-state index in [1.165, 1.54) is 0 Å². The van der Waals surface area contributed by atoms with Crippen molar-refractivity contribution in [1.82, 2.24) is 14.7 Å². The largest absolute Gasteiger partial charge is 0.383 e. The van der Waals surface area contributed by atoms with Crippen LogP contribution in [0.15, 0.2) is 24.3 Å². The van der Waals surface area contributed by atoms with Crippen LogP contribution in [0.5, 0.6) is 0 Å². The van der Waals surface area contributed by atoms with E-state index in [9.17, 15) is 9.90 Å². The van der Waals surface area contributed by atoms with E-state index in [2.05, 4.69) is 16.8 Å². The number of carbonyl (C=O) groups excluding carboxylic acids is 1. The first kappa shape index (κ1) is 17.4. The van der Waals surface area contributed by atoms with Crippen molar-refractivity contribution < 1.29 is 9.90 Å². The van der Waals surface area contributed by atoms with Gasteiger partial charge < -0.3 is 14.9 Å². The molecule has 0 spiro atoms. The number of rotatable bonds is 3. The van der Waals surface area contributed by atoms with E-state index in [0.717, 1.165) is 43.7 Å². The molecule has 0 aliphatic carbocycles. The predicted octanol–water partition coefficient (Wildman–Crippen LogP) is 1.05. The molecule has 2 saturated heterocycles. The Labute approximate surface area is 144 Å². The molecule has 0 radical (unpaired) electrons. The number of nitrogens with zero attached hydrogens (tertiary/aromatic N) is 3. The summed E-state index contributed by atoms with van der Waals surface area (Å²) in [6, 6.07) is 7.94. The molecule has 1 amide bonds. The molecule has 2 fully saturated rings. The van der Waals surface area contributed by atoms with Crippen molar-refractivity contribution in [3.63, 3.8) is 0 Å². The molecule has 0 bridgehead atoms. The van der Waals surface area contributed by atoms with E-state index in [1.807, 2.05) is 36.1 Å². The Bertz CT molecular complexity index is 592. The quantitative estimate of drug-likeness (QED) is 0.899. The number of likely N-dealkylation sites (tertiary alicyclic amines) is 1. The fourth-order valence-corrected chi connectivity index (χ4v) is 3.87. The molecule has 3 rings (SSSR count). The van der Waals surface area contributed by atoms with Crippen molar-refractivity contribution in [3.8, 4) is 0 Å². The number of likely N-dealkylation sites (N-methyl/N-ethyl adjacent to an activating group) is 1. The zero-order valence-electron chi connectivity index (χ0n) is 14.9. The number of carbonyl (C=O) groups is 1. The summed E-state index contributed by atoms with van der Waals surface area (Å²) in [5.74, 6) is 0.143. The van der Waals surface area contributed by atoms with Crippen molar-refractivity contribution in [1.29, 1.82) is 0 Å². The Hall–Kier alpha value is -1.43. The van der Waals surface area contributed by atoms with Crippen molar-refractivity contribution in [2.45, 2.75) is 25.4 Å². The molecule has 1 aromatic carbocycles. The van der Waals surface area contributed by atoms with E-state index in [4.69, 9.17) is 0 Å². The van der Waals surface area contributed by atoms with Crippen molar-refractivity contribution in [2.24, 2.45) is 0 Å². The van der Waals surface area contributed by atoms with Crippen molar-refractivity contribution in [3.05, 3.63) is 35.4 Å². The fraction of sp³-hybridized carbons (Fsp3) is 0.632. The van der Waals surface area contributed by atoms with Crippen LogP contribution in [-0.2, 0) is 10.4 Å². The second kappa shape index (κ2) is 7.21. The minimum absolute atomic E-state index is 0.143. The number of amides is 1. The lowest BCUT2D eigenvalue weighted by Gasteiger charge is -2.27. The highest BCUT2D eigenvalue weighted by atomic mass is 16.3. The highest BCUT2D eigenvalue weighted by molar-refractivity contribution is 5.78. The molecular formula is C19H29N3O2. The highest BCUT2D eigenvalue weighted by Crippen LogP contribution is 2.33. The van der Waals surface area contributed by atoms with Gasteiger partial charge in [0.1, 0.15) is 5.60 Å². The molecule has 0 saturated carbocycles. The third-order valence-corrected chi connectivity index (χ3v) is 5.42. The zero-order valence-corrected chi connectivity index (χ0v) is 14.9. The van der Waals surface area contributed by atoms with Gasteiger partial charge in [-0.15, -0.1) is 0 Å². The molecule has 1 N–H and O–H groups in total. The summed E-state index contributed by atoms with van der Waals surface area (Å²) in [5, 5.41) is 11.0. The molecule has 1 aromatic rings. The number of hydrogen-bond acceptors (Lipinski definition) is 4. The second-order valence-corrected chi connectivity index (χ2v) is 7.34. The Morgan fingerprint density at radius 3 is 2.75 bits per heavy atom. The maximum atomic E-state index is 12.7. The SMILES string of the molecule is Cc1ccccc1[C@@]1(O)CCN(C(=O)CN2CCCN(C)CC2)C1. The average Bonchev–Trinajstić information content (AvgIpc) is 2.85. The lowest BCUT2D eigenvalue weighted by atomic mass is 9.89. The maximum Gasteiger partial charge on any atom is 0.236 e. The van der Waals surface area contributed by atoms with E-state index in [-0.39, 0.29) is 5.91 Å². The van der Waals surface area contributed by atoms with Gasteiger partial charge in [-0.25, -0.2) is 0 Å². The second-order valence-electron chi connectivity index (χ2n) is 7.34. The normalized spacial score (nSPS) is 26.5. The van der Waals surface area contributed by atoms with E-state index < -0.39 is 5.60 Å². The van der Waals surface area contributed by atoms with Crippen LogP contribution in [-0.4, -0.2) is 78.6 Å². The number of aryl methyl sites for hydroxylation is 1. The predicted molar refractivity (Wildman–Crippen MR) is 94.8 cm³/mol. The van der Waals surface area contributed by atoms with Crippen molar-refractivity contribution >= 4 is 5.91 Å². The number of benzene rings is 1. The molecule has 5 heteroatoms. The van der Waals surface area contributed by atoms with E-state index in [0.29, 0.717) is 26.1 Å². The Morgan fingerprint density at radius 2 is 1.96 bits per heavy atom. The molecule has 5 nitrogen and oxygen atoms in total. The van der Waals surface area contributed by atoms with Crippen LogP contribution in [0.3, 0.4) is 0 Å². The number of hydrogen-bond donors (Lipinski definition) is 1. The molecule has 1 atom stereocenters. The molecular weight excluding hydrogens is 302 g/mol. The lowest BCUT2D eigenvalue weighted by Crippen LogP contribution is -2.42. The zero-order chi connectivity index (χ0) is 17.2. The van der Waals surface area contributed by atoms with Crippen LogP contribution in [0.4, 0.5) is 0 Å². The lowest BCUT2D eigenvalue weighted by molar-refractivity contribution is -0.132. The van der Waals surface area contributed by atoms with Crippen LogP contribution in [0.25, 0.3) is 0 Å². The highest BCUT2D eigenvalue weighted by Gasteiger charge is 2.40. The summed E-state index contributed by atoms with van der Waals surface area (Å²) in [4.78, 5) is 19.1. The average molecular weight is 331 g/mol. The van der Waals surface area contributed by atoms with Crippen LogP contribution in [0, 0.1) is 6.92 Å². The van der Waals surface area contributed by atoms with Gasteiger partial charge in [0.2, 0.25) is 5.91 Å². The first-order chi connectivity index (χ1) is 11.5. The van der Waals surface area contributed by atoms with Gasteiger partial charge in [-0.05, 0) is 51.0 Å². The molecule has 2 aliphatic heterocycles. The number of aliphatic hydroxyl groups is 1. The molecule has 2 heterocycles. The Balaban J connectivity index is 1.61. The van der Waals surface area contributed by atoms with Gasteiger partial charge in [0.15, 0.2) is 0 Å². The van der Waals surface area contributed by atoms with Crippen LogP contribution in [0.1, 0.15) is 24.0 Å². The summed E-state index contributed by atoms with van der Waals surface area (Å²) in [6.45, 7) is 7.57. The minimum Gasteiger partial charge on any atom is -0.383 e. The van der Waals surface area contributed by atoms with Gasteiger partial charge in [0, 0.05) is 19.6 Å². The summed E-state index contributed by atoms with van der Waals surface area (Å²) in [7, 11) is 2.13. The van der Waals surface area contributed by atoms with Gasteiger partial charge in [-0.3, -0.25) is 9.69 Å². The fourth-order valence-electron chi connectivity index (χ4n) is 3.87. The topological polar surface area (TPSA) is 47.0 Å². The third-order valence-electron chi connectivity index (χ3n) is 5.42. The Morgan fingerprint density at radius 1 is 1.17 bits per heavy atom. The van der Waals surface area contributed by atoms with Crippen molar-refractivity contribution in [2.75, 3.05) is 52.9 Å². The molecule has 24 heavy (non-hydrogen) atoms. The molecule has 132 valence electrons. The Kier molecular flexibility index (Phi) is 5.23. The molecule has 0 aromatic heterocycles. The van der Waals surface area contributed by atoms with Gasteiger partial charge in [0.05, 0.1) is 13.1 Å². The van der Waals surface area contributed by atoms with Gasteiger partial charge in [-0.2, -0.15) is 0 Å². The van der Waals surface area contributed by atoms with Crippen LogP contribution >= 0.6 is 0 Å².